The number of benzene rings is 2. The first-order valence-corrected chi connectivity index (χ1v) is 8.13. The molecule has 0 aromatic heterocycles. The van der Waals surface area contributed by atoms with Gasteiger partial charge in [-0.2, -0.15) is 4.31 Å². The number of hydrogen-bond donors (Lipinski definition) is 1. The van der Waals surface area contributed by atoms with Crippen molar-refractivity contribution in [1.82, 2.24) is 4.31 Å². The van der Waals surface area contributed by atoms with Crippen LogP contribution in [0.25, 0.3) is 0 Å². The van der Waals surface area contributed by atoms with Crippen molar-refractivity contribution in [2.24, 2.45) is 0 Å². The van der Waals surface area contributed by atoms with E-state index in [1.54, 1.807) is 36.4 Å². The van der Waals surface area contributed by atoms with Gasteiger partial charge in [0.25, 0.3) is 0 Å². The number of hydrogen-bond acceptors (Lipinski definition) is 3. The van der Waals surface area contributed by atoms with Crippen LogP contribution in [0.2, 0.25) is 0 Å². The minimum absolute atomic E-state index is 0.159. The lowest BCUT2D eigenvalue weighted by atomic mass is 10.2. The predicted octanol–water partition coefficient (Wildman–Crippen LogP) is 2.98. The quantitative estimate of drug-likeness (QED) is 0.916. The van der Waals surface area contributed by atoms with Gasteiger partial charge in [0, 0.05) is 18.1 Å². The second-order valence-corrected chi connectivity index (χ2v) is 7.34. The molecule has 20 heavy (non-hydrogen) atoms. The molecule has 1 N–H and O–H groups in total. The number of halogens is 1. The molecule has 0 heterocycles. The molecule has 0 unspecified atom stereocenters. The maximum Gasteiger partial charge on any atom is 0.243 e. The van der Waals surface area contributed by atoms with Gasteiger partial charge in [-0.3, -0.25) is 0 Å². The lowest BCUT2D eigenvalue weighted by Crippen LogP contribution is -2.26. The van der Waals surface area contributed by atoms with E-state index in [1.165, 1.54) is 23.5 Å². The molecule has 2 aromatic carbocycles. The zero-order valence-electron chi connectivity index (χ0n) is 10.8. The van der Waals surface area contributed by atoms with Gasteiger partial charge in [0.2, 0.25) is 10.0 Å². The van der Waals surface area contributed by atoms with Crippen molar-refractivity contribution in [3.8, 4) is 5.75 Å². The normalized spacial score (nSPS) is 11.8. The summed E-state index contributed by atoms with van der Waals surface area (Å²) >= 11 is 3.28. The maximum absolute atomic E-state index is 12.4. The molecule has 2 aromatic rings. The summed E-state index contributed by atoms with van der Waals surface area (Å²) in [5, 5.41) is 9.22. The van der Waals surface area contributed by atoms with E-state index < -0.39 is 10.0 Å². The molecule has 0 aliphatic rings. The van der Waals surface area contributed by atoms with Gasteiger partial charge < -0.3 is 5.11 Å². The number of phenolic OH excluding ortho intramolecular Hbond substituents is 1. The van der Waals surface area contributed by atoms with Gasteiger partial charge in [0.1, 0.15) is 5.75 Å². The van der Waals surface area contributed by atoms with Crippen molar-refractivity contribution >= 4 is 26.0 Å². The third-order valence-corrected chi connectivity index (χ3v) is 5.21. The Bertz CT molecular complexity index is 681. The van der Waals surface area contributed by atoms with Crippen molar-refractivity contribution < 1.29 is 13.5 Å². The van der Waals surface area contributed by atoms with Crippen molar-refractivity contribution in [2.75, 3.05) is 7.05 Å². The van der Waals surface area contributed by atoms with Gasteiger partial charge in [0.05, 0.1) is 4.90 Å². The Balaban J connectivity index is 2.21. The zero-order valence-corrected chi connectivity index (χ0v) is 13.2. The lowest BCUT2D eigenvalue weighted by Gasteiger charge is -2.17. The van der Waals surface area contributed by atoms with Crippen LogP contribution in [0.5, 0.6) is 5.75 Å². The van der Waals surface area contributed by atoms with Crippen LogP contribution in [0, 0.1) is 0 Å². The fourth-order valence-electron chi connectivity index (χ4n) is 1.73. The first-order chi connectivity index (χ1) is 9.39. The van der Waals surface area contributed by atoms with E-state index in [0.29, 0.717) is 0 Å². The predicted molar refractivity (Wildman–Crippen MR) is 80.9 cm³/mol. The Morgan fingerprint density at radius 1 is 1.05 bits per heavy atom. The largest absolute Gasteiger partial charge is 0.508 e. The van der Waals surface area contributed by atoms with Crippen LogP contribution in [0.15, 0.2) is 57.9 Å². The maximum atomic E-state index is 12.4. The molecule has 0 saturated heterocycles. The molecule has 4 nitrogen and oxygen atoms in total. The highest BCUT2D eigenvalue weighted by Gasteiger charge is 2.20. The standard InChI is InChI=1S/C14H14BrNO3S/c1-16(10-11-2-6-13(17)7-3-11)20(18,19)14-8-4-12(15)5-9-14/h2-9,17H,10H2,1H3. The summed E-state index contributed by atoms with van der Waals surface area (Å²) in [7, 11) is -1.98. The van der Waals surface area contributed by atoms with Crippen LogP contribution in [0.3, 0.4) is 0 Å². The van der Waals surface area contributed by atoms with Crippen LogP contribution in [0.1, 0.15) is 5.56 Å². The van der Waals surface area contributed by atoms with E-state index in [4.69, 9.17) is 0 Å². The van der Waals surface area contributed by atoms with Crippen molar-refractivity contribution in [3.05, 3.63) is 58.6 Å². The summed E-state index contributed by atoms with van der Waals surface area (Å²) in [5.74, 6) is 0.159. The Labute approximate surface area is 126 Å². The molecule has 0 bridgehead atoms. The summed E-state index contributed by atoms with van der Waals surface area (Å²) in [4.78, 5) is 0.252. The van der Waals surface area contributed by atoms with Gasteiger partial charge in [0.15, 0.2) is 0 Å². The third-order valence-electron chi connectivity index (χ3n) is 2.86. The number of phenols is 1. The van der Waals surface area contributed by atoms with E-state index in [9.17, 15) is 13.5 Å². The Morgan fingerprint density at radius 3 is 2.15 bits per heavy atom. The summed E-state index contributed by atoms with van der Waals surface area (Å²) in [6, 6.07) is 13.0. The zero-order chi connectivity index (χ0) is 14.8. The van der Waals surface area contributed by atoms with Crippen molar-refractivity contribution in [3.63, 3.8) is 0 Å². The summed E-state index contributed by atoms with van der Waals surface area (Å²) < 4.78 is 26.9. The van der Waals surface area contributed by atoms with Crippen LogP contribution in [-0.4, -0.2) is 24.9 Å². The lowest BCUT2D eigenvalue weighted by molar-refractivity contribution is 0.463. The van der Waals surface area contributed by atoms with Crippen LogP contribution in [-0.2, 0) is 16.6 Å². The van der Waals surface area contributed by atoms with E-state index in [2.05, 4.69) is 15.9 Å². The highest BCUT2D eigenvalue weighted by molar-refractivity contribution is 9.10. The molecular formula is C14H14BrNO3S. The van der Waals surface area contributed by atoms with Crippen LogP contribution >= 0.6 is 15.9 Å². The SMILES string of the molecule is CN(Cc1ccc(O)cc1)S(=O)(=O)c1ccc(Br)cc1. The fraction of sp³-hybridized carbons (Fsp3) is 0.143. The minimum Gasteiger partial charge on any atom is -0.508 e. The summed E-state index contributed by atoms with van der Waals surface area (Å²) in [6.45, 7) is 0.249. The van der Waals surface area contributed by atoms with E-state index >= 15 is 0 Å². The summed E-state index contributed by atoms with van der Waals surface area (Å²) in [5.41, 5.74) is 0.811. The van der Waals surface area contributed by atoms with E-state index in [-0.39, 0.29) is 17.2 Å². The minimum atomic E-state index is -3.51. The second kappa shape index (κ2) is 5.95. The highest BCUT2D eigenvalue weighted by atomic mass is 79.9. The number of aromatic hydroxyl groups is 1. The van der Waals surface area contributed by atoms with Crippen molar-refractivity contribution in [1.29, 1.82) is 0 Å². The summed E-state index contributed by atoms with van der Waals surface area (Å²) in [6.07, 6.45) is 0. The smallest absolute Gasteiger partial charge is 0.243 e. The number of nitrogens with zero attached hydrogens (tertiary/aromatic N) is 1. The van der Waals surface area contributed by atoms with Gasteiger partial charge in [-0.1, -0.05) is 28.1 Å². The van der Waals surface area contributed by atoms with E-state index in [1.807, 2.05) is 0 Å². The van der Waals surface area contributed by atoms with Gasteiger partial charge in [-0.15, -0.1) is 0 Å². The molecule has 6 heteroatoms. The molecule has 0 amide bonds. The van der Waals surface area contributed by atoms with Crippen LogP contribution < -0.4 is 0 Å². The molecule has 0 aliphatic heterocycles. The fourth-order valence-corrected chi connectivity index (χ4v) is 3.15. The molecule has 0 saturated carbocycles. The monoisotopic (exact) mass is 355 g/mol. The first-order valence-electron chi connectivity index (χ1n) is 5.89. The third kappa shape index (κ3) is 3.39. The molecular weight excluding hydrogens is 342 g/mol. The topological polar surface area (TPSA) is 57.6 Å². The average molecular weight is 356 g/mol. The van der Waals surface area contributed by atoms with Gasteiger partial charge in [-0.25, -0.2) is 8.42 Å². The van der Waals surface area contributed by atoms with Gasteiger partial charge >= 0.3 is 0 Å². The van der Waals surface area contributed by atoms with Gasteiger partial charge in [-0.05, 0) is 42.0 Å². The number of sulfonamides is 1. The first kappa shape index (κ1) is 15.0. The van der Waals surface area contributed by atoms with Crippen LogP contribution in [0.4, 0.5) is 0 Å². The average Bonchev–Trinajstić information content (AvgIpc) is 2.42. The Hall–Kier alpha value is -1.37. The Kier molecular flexibility index (Phi) is 4.47. The highest BCUT2D eigenvalue weighted by Crippen LogP contribution is 2.20. The molecule has 2 rings (SSSR count). The molecule has 0 fully saturated rings. The second-order valence-electron chi connectivity index (χ2n) is 4.38. The molecule has 0 spiro atoms. The molecule has 0 aliphatic carbocycles. The van der Waals surface area contributed by atoms with E-state index in [0.717, 1.165) is 10.0 Å². The van der Waals surface area contributed by atoms with Crippen molar-refractivity contribution in [2.45, 2.75) is 11.4 Å². The number of rotatable bonds is 4. The molecule has 0 radical (unpaired) electrons. The molecule has 106 valence electrons. The Morgan fingerprint density at radius 2 is 1.60 bits per heavy atom. The molecule has 0 atom stereocenters.